The van der Waals surface area contributed by atoms with Crippen LogP contribution in [0, 0.1) is 0 Å². The van der Waals surface area contributed by atoms with Gasteiger partial charge in [0.05, 0.1) is 13.2 Å². The molecule has 0 radical (unpaired) electrons. The van der Waals surface area contributed by atoms with Gasteiger partial charge < -0.3 is 9.47 Å². The van der Waals surface area contributed by atoms with E-state index in [4.69, 9.17) is 32.7 Å². The molecule has 0 aromatic heterocycles. The number of nitrogens with one attached hydrogen (secondary N) is 2. The van der Waals surface area contributed by atoms with Crippen molar-refractivity contribution in [3.8, 4) is 0 Å². The van der Waals surface area contributed by atoms with Crippen molar-refractivity contribution < 1.29 is 19.1 Å². The Hall–Kier alpha value is -1.66. The van der Waals surface area contributed by atoms with Crippen molar-refractivity contribution in [1.29, 1.82) is 0 Å². The predicted octanol–water partition coefficient (Wildman–Crippen LogP) is 3.48. The van der Waals surface area contributed by atoms with Gasteiger partial charge in [-0.15, -0.1) is 0 Å². The van der Waals surface area contributed by atoms with Gasteiger partial charge in [-0.3, -0.25) is 10.6 Å². The lowest BCUT2D eigenvalue weighted by Gasteiger charge is -2.21. The van der Waals surface area contributed by atoms with E-state index in [0.29, 0.717) is 15.6 Å². The highest BCUT2D eigenvalue weighted by molar-refractivity contribution is 6.36. The van der Waals surface area contributed by atoms with Crippen LogP contribution in [0.3, 0.4) is 0 Å². The van der Waals surface area contributed by atoms with Gasteiger partial charge in [-0.05, 0) is 26.0 Å². The number of rotatable bonds is 5. The first-order valence-corrected chi connectivity index (χ1v) is 7.05. The quantitative estimate of drug-likeness (QED) is 0.808. The second-order valence-corrected chi connectivity index (χ2v) is 4.61. The van der Waals surface area contributed by atoms with Crippen LogP contribution < -0.4 is 10.6 Å². The molecule has 0 saturated heterocycles. The highest BCUT2D eigenvalue weighted by Crippen LogP contribution is 2.29. The van der Waals surface area contributed by atoms with Gasteiger partial charge in [0.15, 0.2) is 0 Å². The van der Waals surface area contributed by atoms with Crippen molar-refractivity contribution in [1.82, 2.24) is 10.6 Å². The molecule has 0 aliphatic heterocycles. The lowest BCUT2D eigenvalue weighted by Crippen LogP contribution is -2.41. The largest absolute Gasteiger partial charge is 0.450 e. The Labute approximate surface area is 132 Å². The Morgan fingerprint density at radius 3 is 1.86 bits per heavy atom. The standard InChI is InChI=1S/C13H16Cl2N2O4/c1-3-20-12(18)16-11(17-13(19)21-4-2)10-8(14)6-5-7-9(10)15/h5-7,11H,3-4H2,1-2H3,(H,16,18)(H,17,19). The molecule has 0 atom stereocenters. The maximum absolute atomic E-state index is 11.6. The second-order valence-electron chi connectivity index (χ2n) is 3.80. The smallest absolute Gasteiger partial charge is 0.409 e. The molecule has 6 nitrogen and oxygen atoms in total. The minimum absolute atomic E-state index is 0.189. The summed E-state index contributed by atoms with van der Waals surface area (Å²) in [5, 5.41) is 5.51. The number of hydrogen-bond acceptors (Lipinski definition) is 4. The van der Waals surface area contributed by atoms with Crippen LogP contribution in [0.2, 0.25) is 10.0 Å². The van der Waals surface area contributed by atoms with E-state index in [2.05, 4.69) is 10.6 Å². The van der Waals surface area contributed by atoms with Crippen LogP contribution in [0.15, 0.2) is 18.2 Å². The third kappa shape index (κ3) is 5.32. The Balaban J connectivity index is 3.00. The average Bonchev–Trinajstić information content (AvgIpc) is 2.38. The fraction of sp³-hybridized carbons (Fsp3) is 0.385. The maximum atomic E-state index is 11.6. The molecule has 2 amide bonds. The number of alkyl carbamates (subject to hydrolysis) is 2. The van der Waals surface area contributed by atoms with E-state index in [-0.39, 0.29) is 13.2 Å². The molecular formula is C13H16Cl2N2O4. The number of ether oxygens (including phenoxy) is 2. The van der Waals surface area contributed by atoms with Gasteiger partial charge in [-0.25, -0.2) is 9.59 Å². The lowest BCUT2D eigenvalue weighted by molar-refractivity contribution is 0.135. The fourth-order valence-corrected chi connectivity index (χ4v) is 2.16. The third-order valence-corrected chi connectivity index (χ3v) is 3.02. The van der Waals surface area contributed by atoms with Crippen molar-refractivity contribution in [2.24, 2.45) is 0 Å². The van der Waals surface area contributed by atoms with E-state index >= 15 is 0 Å². The molecule has 116 valence electrons. The molecule has 0 bridgehead atoms. The molecule has 8 heteroatoms. The van der Waals surface area contributed by atoms with Crippen LogP contribution in [0.1, 0.15) is 25.6 Å². The molecule has 0 unspecified atom stereocenters. The predicted molar refractivity (Wildman–Crippen MR) is 79.5 cm³/mol. The normalized spacial score (nSPS) is 10.1. The number of halogens is 2. The van der Waals surface area contributed by atoms with Crippen LogP contribution in [-0.2, 0) is 9.47 Å². The first kappa shape index (κ1) is 17.4. The summed E-state index contributed by atoms with van der Waals surface area (Å²) >= 11 is 12.2. The van der Waals surface area contributed by atoms with Crippen molar-refractivity contribution in [2.75, 3.05) is 13.2 Å². The molecule has 1 rings (SSSR count). The van der Waals surface area contributed by atoms with Gasteiger partial charge in [0.1, 0.15) is 6.17 Å². The SMILES string of the molecule is CCOC(=O)NC(NC(=O)OCC)c1c(Cl)cccc1Cl. The zero-order chi connectivity index (χ0) is 15.8. The first-order chi connectivity index (χ1) is 9.99. The monoisotopic (exact) mass is 334 g/mol. The molecule has 1 aromatic carbocycles. The number of carbonyl (C=O) groups excluding carboxylic acids is 2. The van der Waals surface area contributed by atoms with Crippen LogP contribution in [0.4, 0.5) is 9.59 Å². The topological polar surface area (TPSA) is 76.7 Å². The average molecular weight is 335 g/mol. The molecule has 0 saturated carbocycles. The van der Waals surface area contributed by atoms with Gasteiger partial charge in [0.2, 0.25) is 0 Å². The van der Waals surface area contributed by atoms with Crippen LogP contribution in [0.25, 0.3) is 0 Å². The zero-order valence-corrected chi connectivity index (χ0v) is 13.1. The number of amides is 2. The van der Waals surface area contributed by atoms with E-state index in [1.54, 1.807) is 32.0 Å². The van der Waals surface area contributed by atoms with Crippen molar-refractivity contribution in [3.05, 3.63) is 33.8 Å². The number of benzene rings is 1. The van der Waals surface area contributed by atoms with Crippen LogP contribution in [0.5, 0.6) is 0 Å². The van der Waals surface area contributed by atoms with E-state index in [1.165, 1.54) is 0 Å². The maximum Gasteiger partial charge on any atom is 0.409 e. The molecule has 21 heavy (non-hydrogen) atoms. The lowest BCUT2D eigenvalue weighted by atomic mass is 10.1. The van der Waals surface area contributed by atoms with Gasteiger partial charge in [-0.2, -0.15) is 0 Å². The summed E-state index contributed by atoms with van der Waals surface area (Å²) in [7, 11) is 0. The summed E-state index contributed by atoms with van der Waals surface area (Å²) in [6, 6.07) is 4.84. The molecule has 0 heterocycles. The van der Waals surface area contributed by atoms with Gasteiger partial charge in [0, 0.05) is 15.6 Å². The van der Waals surface area contributed by atoms with E-state index in [0.717, 1.165) is 0 Å². The van der Waals surface area contributed by atoms with Gasteiger partial charge in [0.25, 0.3) is 0 Å². The van der Waals surface area contributed by atoms with Gasteiger partial charge >= 0.3 is 12.2 Å². The van der Waals surface area contributed by atoms with Crippen molar-refractivity contribution in [2.45, 2.75) is 20.0 Å². The minimum atomic E-state index is -0.968. The zero-order valence-electron chi connectivity index (χ0n) is 11.6. The molecule has 0 fully saturated rings. The summed E-state index contributed by atoms with van der Waals surface area (Å²) < 4.78 is 9.57. The van der Waals surface area contributed by atoms with Crippen LogP contribution >= 0.6 is 23.2 Å². The summed E-state index contributed by atoms with van der Waals surface area (Å²) in [6.45, 7) is 3.70. The Morgan fingerprint density at radius 1 is 1.05 bits per heavy atom. The number of hydrogen-bond donors (Lipinski definition) is 2. The Kier molecular flexibility index (Phi) is 7.11. The number of carbonyl (C=O) groups is 2. The highest BCUT2D eigenvalue weighted by Gasteiger charge is 2.23. The summed E-state index contributed by atoms with van der Waals surface area (Å²) in [5.41, 5.74) is 0.349. The highest BCUT2D eigenvalue weighted by atomic mass is 35.5. The molecule has 0 aliphatic carbocycles. The summed E-state index contributed by atoms with van der Waals surface area (Å²) in [5.74, 6) is 0. The Morgan fingerprint density at radius 2 is 1.48 bits per heavy atom. The second kappa shape index (κ2) is 8.59. The van der Waals surface area contributed by atoms with Crippen LogP contribution in [-0.4, -0.2) is 25.4 Å². The minimum Gasteiger partial charge on any atom is -0.450 e. The summed E-state index contributed by atoms with van der Waals surface area (Å²) in [4.78, 5) is 23.2. The molecule has 0 aliphatic rings. The fourth-order valence-electron chi connectivity index (χ4n) is 1.55. The Bertz CT molecular complexity index is 471. The first-order valence-electron chi connectivity index (χ1n) is 6.30. The summed E-state index contributed by atoms with van der Waals surface area (Å²) in [6.07, 6.45) is -2.39. The van der Waals surface area contributed by atoms with Crippen molar-refractivity contribution in [3.63, 3.8) is 0 Å². The third-order valence-electron chi connectivity index (χ3n) is 2.36. The van der Waals surface area contributed by atoms with Crippen molar-refractivity contribution >= 4 is 35.4 Å². The molecule has 1 aromatic rings. The van der Waals surface area contributed by atoms with Gasteiger partial charge in [-0.1, -0.05) is 29.3 Å². The van der Waals surface area contributed by atoms with E-state index in [1.807, 2.05) is 0 Å². The van der Waals surface area contributed by atoms with E-state index in [9.17, 15) is 9.59 Å². The molecular weight excluding hydrogens is 319 g/mol. The van der Waals surface area contributed by atoms with E-state index < -0.39 is 18.4 Å². The molecule has 0 spiro atoms. The molecule has 2 N–H and O–H groups in total.